The van der Waals surface area contributed by atoms with Gasteiger partial charge < -0.3 is 4.74 Å². The van der Waals surface area contributed by atoms with Crippen LogP contribution in [-0.4, -0.2) is 12.7 Å². The Labute approximate surface area is 87.2 Å². The molecule has 0 spiro atoms. The molecule has 0 heterocycles. The third kappa shape index (κ3) is 3.53. The van der Waals surface area contributed by atoms with Crippen molar-refractivity contribution in [2.24, 2.45) is 0 Å². The fraction of sp³-hybridized carbons (Fsp3) is 0.222. The number of amides is 1. The van der Waals surface area contributed by atoms with Crippen molar-refractivity contribution in [3.05, 3.63) is 29.3 Å². The fourth-order valence-corrected chi connectivity index (χ4v) is 1.05. The zero-order valence-electron chi connectivity index (χ0n) is 7.71. The van der Waals surface area contributed by atoms with E-state index in [9.17, 15) is 4.79 Å². The molecule has 0 atom stereocenters. The molecule has 0 saturated heterocycles. The maximum atomic E-state index is 10.9. The molecule has 1 rings (SSSR count). The topological polar surface area (TPSA) is 50.4 Å². The number of nitrogens with one attached hydrogen (secondary N) is 2. The largest absolute Gasteiger partial charge is 0.449 e. The second-order valence-corrected chi connectivity index (χ2v) is 2.92. The van der Waals surface area contributed by atoms with Crippen LogP contribution in [0.1, 0.15) is 6.92 Å². The van der Waals surface area contributed by atoms with Crippen molar-refractivity contribution < 1.29 is 9.53 Å². The van der Waals surface area contributed by atoms with Gasteiger partial charge >= 0.3 is 6.09 Å². The molecule has 0 aliphatic carbocycles. The van der Waals surface area contributed by atoms with Crippen LogP contribution in [0.25, 0.3) is 0 Å². The first kappa shape index (κ1) is 10.7. The van der Waals surface area contributed by atoms with E-state index in [-0.39, 0.29) is 0 Å². The monoisotopic (exact) mass is 214 g/mol. The molecule has 0 aliphatic rings. The molecule has 14 heavy (non-hydrogen) atoms. The number of hydrogen-bond donors (Lipinski definition) is 2. The summed E-state index contributed by atoms with van der Waals surface area (Å²) in [6.07, 6.45) is -0.521. The predicted molar refractivity (Wildman–Crippen MR) is 55.2 cm³/mol. The zero-order chi connectivity index (χ0) is 10.4. The Bertz CT molecular complexity index is 317. The van der Waals surface area contributed by atoms with Crippen LogP contribution in [0.4, 0.5) is 10.5 Å². The average Bonchev–Trinajstić information content (AvgIpc) is 2.15. The number of halogens is 1. The van der Waals surface area contributed by atoms with Gasteiger partial charge in [-0.1, -0.05) is 17.7 Å². The highest BCUT2D eigenvalue weighted by Gasteiger charge is 1.98. The first-order valence-electron chi connectivity index (χ1n) is 4.16. The van der Waals surface area contributed by atoms with Gasteiger partial charge in [-0.25, -0.2) is 10.2 Å². The quantitative estimate of drug-likeness (QED) is 0.760. The summed E-state index contributed by atoms with van der Waals surface area (Å²) in [5.41, 5.74) is 5.72. The molecule has 0 aliphatic heterocycles. The van der Waals surface area contributed by atoms with Gasteiger partial charge in [-0.3, -0.25) is 5.43 Å². The number of rotatable bonds is 3. The standard InChI is InChI=1S/C9H11ClN2O2/c1-2-14-9(13)12-11-8-5-3-4-7(10)6-8/h3-6,11H,2H2,1H3,(H,12,13). The number of hydrazine groups is 1. The van der Waals surface area contributed by atoms with E-state index in [1.165, 1.54) is 0 Å². The van der Waals surface area contributed by atoms with E-state index in [2.05, 4.69) is 15.6 Å². The van der Waals surface area contributed by atoms with Crippen molar-refractivity contribution in [2.45, 2.75) is 6.92 Å². The van der Waals surface area contributed by atoms with Crippen molar-refractivity contribution in [3.63, 3.8) is 0 Å². The van der Waals surface area contributed by atoms with Gasteiger partial charge in [-0.15, -0.1) is 0 Å². The van der Waals surface area contributed by atoms with Crippen LogP contribution in [0.2, 0.25) is 5.02 Å². The molecule has 4 nitrogen and oxygen atoms in total. The average molecular weight is 215 g/mol. The highest BCUT2D eigenvalue weighted by Crippen LogP contribution is 2.13. The molecular weight excluding hydrogens is 204 g/mol. The lowest BCUT2D eigenvalue weighted by molar-refractivity contribution is 0.154. The van der Waals surface area contributed by atoms with Crippen LogP contribution in [0, 0.1) is 0 Å². The molecule has 1 amide bonds. The maximum absolute atomic E-state index is 10.9. The SMILES string of the molecule is CCOC(=O)NNc1cccc(Cl)c1. The highest BCUT2D eigenvalue weighted by molar-refractivity contribution is 6.30. The maximum Gasteiger partial charge on any atom is 0.425 e. The minimum atomic E-state index is -0.521. The van der Waals surface area contributed by atoms with Gasteiger partial charge in [-0.05, 0) is 25.1 Å². The molecule has 0 saturated carbocycles. The normalized spacial score (nSPS) is 9.29. The lowest BCUT2D eigenvalue weighted by Crippen LogP contribution is -2.29. The summed E-state index contributed by atoms with van der Waals surface area (Å²) in [4.78, 5) is 10.9. The molecule has 0 aromatic heterocycles. The number of carbonyl (C=O) groups excluding carboxylic acids is 1. The Morgan fingerprint density at radius 1 is 1.57 bits per heavy atom. The van der Waals surface area contributed by atoms with E-state index < -0.39 is 6.09 Å². The fourth-order valence-electron chi connectivity index (χ4n) is 0.857. The molecule has 0 radical (unpaired) electrons. The van der Waals surface area contributed by atoms with Gasteiger partial charge in [0.2, 0.25) is 0 Å². The Kier molecular flexibility index (Phi) is 4.07. The van der Waals surface area contributed by atoms with E-state index >= 15 is 0 Å². The molecule has 76 valence electrons. The number of anilines is 1. The highest BCUT2D eigenvalue weighted by atomic mass is 35.5. The Morgan fingerprint density at radius 3 is 3.00 bits per heavy atom. The molecule has 5 heteroatoms. The summed E-state index contributed by atoms with van der Waals surface area (Å²) in [6, 6.07) is 6.99. The lowest BCUT2D eigenvalue weighted by atomic mass is 10.3. The van der Waals surface area contributed by atoms with E-state index in [1.54, 1.807) is 31.2 Å². The van der Waals surface area contributed by atoms with Gasteiger partial charge in [0, 0.05) is 5.02 Å². The molecule has 0 bridgehead atoms. The molecule has 2 N–H and O–H groups in total. The number of hydrogen-bond acceptors (Lipinski definition) is 3. The molecular formula is C9H11ClN2O2. The minimum Gasteiger partial charge on any atom is -0.449 e. The number of carbonyl (C=O) groups is 1. The summed E-state index contributed by atoms with van der Waals surface area (Å²) >= 11 is 5.74. The Morgan fingerprint density at radius 2 is 2.36 bits per heavy atom. The number of benzene rings is 1. The molecule has 1 aromatic rings. The lowest BCUT2D eigenvalue weighted by Gasteiger charge is -2.07. The molecule has 0 fully saturated rings. The first-order valence-corrected chi connectivity index (χ1v) is 4.54. The third-order valence-electron chi connectivity index (χ3n) is 1.41. The summed E-state index contributed by atoms with van der Waals surface area (Å²) < 4.78 is 4.65. The first-order chi connectivity index (χ1) is 6.72. The second-order valence-electron chi connectivity index (χ2n) is 2.48. The smallest absolute Gasteiger partial charge is 0.425 e. The van der Waals surface area contributed by atoms with Crippen LogP contribution in [0.5, 0.6) is 0 Å². The van der Waals surface area contributed by atoms with Gasteiger partial charge in [0.05, 0.1) is 12.3 Å². The van der Waals surface area contributed by atoms with Crippen LogP contribution in [-0.2, 0) is 4.74 Å². The van der Waals surface area contributed by atoms with E-state index in [4.69, 9.17) is 11.6 Å². The predicted octanol–water partition coefficient (Wildman–Crippen LogP) is 2.41. The Balaban J connectivity index is 2.41. The van der Waals surface area contributed by atoms with Gasteiger partial charge in [0.1, 0.15) is 0 Å². The minimum absolute atomic E-state index is 0.336. The van der Waals surface area contributed by atoms with Crippen molar-refractivity contribution in [3.8, 4) is 0 Å². The van der Waals surface area contributed by atoms with Crippen LogP contribution < -0.4 is 10.9 Å². The van der Waals surface area contributed by atoms with Gasteiger partial charge in [-0.2, -0.15) is 0 Å². The summed E-state index contributed by atoms with van der Waals surface area (Å²) in [5.74, 6) is 0. The third-order valence-corrected chi connectivity index (χ3v) is 1.64. The van der Waals surface area contributed by atoms with Crippen LogP contribution in [0.3, 0.4) is 0 Å². The van der Waals surface area contributed by atoms with E-state index in [1.807, 2.05) is 0 Å². The van der Waals surface area contributed by atoms with Crippen LogP contribution in [0.15, 0.2) is 24.3 Å². The van der Waals surface area contributed by atoms with Gasteiger partial charge in [0.15, 0.2) is 0 Å². The van der Waals surface area contributed by atoms with Gasteiger partial charge in [0.25, 0.3) is 0 Å². The molecule has 1 aromatic carbocycles. The summed E-state index contributed by atoms with van der Waals surface area (Å²) in [5, 5.41) is 0.598. The second kappa shape index (κ2) is 5.34. The van der Waals surface area contributed by atoms with E-state index in [0.29, 0.717) is 17.3 Å². The number of ether oxygens (including phenoxy) is 1. The van der Waals surface area contributed by atoms with Crippen molar-refractivity contribution in [1.29, 1.82) is 0 Å². The zero-order valence-corrected chi connectivity index (χ0v) is 8.47. The Hall–Kier alpha value is -1.42. The summed E-state index contributed by atoms with van der Waals surface area (Å²) in [6.45, 7) is 2.07. The van der Waals surface area contributed by atoms with Crippen molar-refractivity contribution >= 4 is 23.4 Å². The van der Waals surface area contributed by atoms with Crippen molar-refractivity contribution in [2.75, 3.05) is 12.0 Å². The summed E-state index contributed by atoms with van der Waals surface area (Å²) in [7, 11) is 0. The molecule has 0 unspecified atom stereocenters. The van der Waals surface area contributed by atoms with Crippen LogP contribution >= 0.6 is 11.6 Å². The van der Waals surface area contributed by atoms with E-state index in [0.717, 1.165) is 0 Å². The van der Waals surface area contributed by atoms with Crippen molar-refractivity contribution in [1.82, 2.24) is 5.43 Å².